The van der Waals surface area contributed by atoms with E-state index in [1.165, 1.54) is 24.8 Å². The van der Waals surface area contributed by atoms with Crippen molar-refractivity contribution in [2.45, 2.75) is 77.0 Å². The molecule has 2 N–H and O–H groups in total. The molecule has 0 unspecified atom stereocenters. The van der Waals surface area contributed by atoms with Crippen molar-refractivity contribution in [1.82, 2.24) is 9.97 Å². The van der Waals surface area contributed by atoms with Gasteiger partial charge in [0.1, 0.15) is 17.1 Å². The number of nitrogens with zero attached hydrogens (tertiary/aromatic N) is 2. The highest BCUT2D eigenvalue weighted by Crippen LogP contribution is 2.35. The van der Waals surface area contributed by atoms with Gasteiger partial charge in [-0.2, -0.15) is 18.2 Å². The summed E-state index contributed by atoms with van der Waals surface area (Å²) in [6.07, 6.45) is 6.54. The van der Waals surface area contributed by atoms with Crippen LogP contribution in [0, 0.1) is 0 Å². The van der Waals surface area contributed by atoms with Crippen molar-refractivity contribution in [2.75, 3.05) is 10.6 Å². The quantitative estimate of drug-likeness (QED) is 0.275. The third-order valence-corrected chi connectivity index (χ3v) is 6.35. The van der Waals surface area contributed by atoms with Crippen molar-refractivity contribution < 1.29 is 17.9 Å². The zero-order valence-electron chi connectivity index (χ0n) is 20.6. The SMILES string of the molecule is CCCCCc1ccc(Nc2ncc(C(F)(F)F)c(Nc3ccc(OC4CCCCC4)cc3)n2)cc1. The van der Waals surface area contributed by atoms with Crippen molar-refractivity contribution >= 4 is 23.1 Å². The van der Waals surface area contributed by atoms with E-state index in [1.54, 1.807) is 24.3 Å². The van der Waals surface area contributed by atoms with E-state index in [-0.39, 0.29) is 17.9 Å². The van der Waals surface area contributed by atoms with Crippen LogP contribution in [0.3, 0.4) is 0 Å². The zero-order valence-corrected chi connectivity index (χ0v) is 20.6. The Morgan fingerprint density at radius 3 is 2.22 bits per heavy atom. The topological polar surface area (TPSA) is 59.1 Å². The van der Waals surface area contributed by atoms with E-state index in [0.717, 1.165) is 44.7 Å². The average Bonchev–Trinajstić information content (AvgIpc) is 2.87. The van der Waals surface area contributed by atoms with E-state index in [1.807, 2.05) is 24.3 Å². The maximum absolute atomic E-state index is 13.6. The Kier molecular flexibility index (Phi) is 8.67. The van der Waals surface area contributed by atoms with Crippen LogP contribution < -0.4 is 15.4 Å². The number of unbranched alkanes of at least 4 members (excludes halogenated alkanes) is 2. The second-order valence-corrected chi connectivity index (χ2v) is 9.26. The normalized spacial score (nSPS) is 14.4. The number of aryl methyl sites for hydroxylation is 1. The van der Waals surface area contributed by atoms with E-state index >= 15 is 0 Å². The lowest BCUT2D eigenvalue weighted by Gasteiger charge is -2.23. The Balaban J connectivity index is 1.45. The maximum Gasteiger partial charge on any atom is 0.421 e. The molecule has 1 aromatic heterocycles. The van der Waals surface area contributed by atoms with Gasteiger partial charge >= 0.3 is 6.18 Å². The minimum atomic E-state index is -4.59. The Morgan fingerprint density at radius 1 is 0.889 bits per heavy atom. The first kappa shape index (κ1) is 25.8. The molecule has 8 heteroatoms. The molecular weight excluding hydrogens is 465 g/mol. The second kappa shape index (κ2) is 12.1. The van der Waals surface area contributed by atoms with Gasteiger partial charge in [0.15, 0.2) is 0 Å². The van der Waals surface area contributed by atoms with Gasteiger partial charge in [-0.05, 0) is 80.5 Å². The number of aromatic nitrogens is 2. The molecular formula is C28H33F3N4O. The van der Waals surface area contributed by atoms with Gasteiger partial charge in [0.25, 0.3) is 0 Å². The summed E-state index contributed by atoms with van der Waals surface area (Å²) in [4.78, 5) is 8.05. The highest BCUT2D eigenvalue weighted by atomic mass is 19.4. The molecule has 0 spiro atoms. The molecule has 1 aliphatic carbocycles. The molecule has 0 saturated heterocycles. The molecule has 1 fully saturated rings. The second-order valence-electron chi connectivity index (χ2n) is 9.26. The van der Waals surface area contributed by atoms with Crippen LogP contribution in [0.5, 0.6) is 5.75 Å². The third-order valence-electron chi connectivity index (χ3n) is 6.35. The molecule has 4 rings (SSSR count). The highest BCUT2D eigenvalue weighted by molar-refractivity contribution is 5.63. The fourth-order valence-corrected chi connectivity index (χ4v) is 4.34. The van der Waals surface area contributed by atoms with Crippen LogP contribution >= 0.6 is 0 Å². The number of rotatable bonds is 10. The summed E-state index contributed by atoms with van der Waals surface area (Å²) in [6, 6.07) is 14.7. The predicted octanol–water partition coefficient (Wildman–Crippen LogP) is 8.43. The van der Waals surface area contributed by atoms with Gasteiger partial charge in [-0.3, -0.25) is 0 Å². The summed E-state index contributed by atoms with van der Waals surface area (Å²) < 4.78 is 47.0. The van der Waals surface area contributed by atoms with Crippen LogP contribution in [0.4, 0.5) is 36.3 Å². The largest absolute Gasteiger partial charge is 0.490 e. The van der Waals surface area contributed by atoms with Gasteiger partial charge in [-0.1, -0.05) is 38.3 Å². The minimum absolute atomic E-state index is 0.0847. The number of benzene rings is 2. The molecule has 0 amide bonds. The first-order valence-corrected chi connectivity index (χ1v) is 12.7. The molecule has 1 heterocycles. The predicted molar refractivity (Wildman–Crippen MR) is 137 cm³/mol. The number of nitrogens with one attached hydrogen (secondary N) is 2. The molecule has 0 aliphatic heterocycles. The van der Waals surface area contributed by atoms with Crippen molar-refractivity contribution in [3.8, 4) is 5.75 Å². The standard InChI is InChI=1S/C28H33F3N4O/c1-2-3-5-8-20-11-13-22(14-12-20)34-27-32-19-25(28(29,30)31)26(35-27)33-21-15-17-24(18-16-21)36-23-9-6-4-7-10-23/h11-19,23H,2-10H2,1H3,(H2,32,33,34,35). The van der Waals surface area contributed by atoms with Crippen LogP contribution in [0.25, 0.3) is 0 Å². The number of hydrogen-bond acceptors (Lipinski definition) is 5. The fraction of sp³-hybridized carbons (Fsp3) is 0.429. The van der Waals surface area contributed by atoms with Crippen LogP contribution in [-0.4, -0.2) is 16.1 Å². The lowest BCUT2D eigenvalue weighted by atomic mass is 9.98. The number of ether oxygens (including phenoxy) is 1. The first-order chi connectivity index (χ1) is 17.4. The molecule has 1 saturated carbocycles. The maximum atomic E-state index is 13.6. The minimum Gasteiger partial charge on any atom is -0.490 e. The Bertz CT molecular complexity index is 1100. The molecule has 1 aliphatic rings. The van der Waals surface area contributed by atoms with E-state index < -0.39 is 11.7 Å². The van der Waals surface area contributed by atoms with Crippen molar-refractivity contribution in [1.29, 1.82) is 0 Å². The van der Waals surface area contributed by atoms with Gasteiger partial charge in [0.05, 0.1) is 6.10 Å². The zero-order chi connectivity index (χ0) is 25.4. The summed E-state index contributed by atoms with van der Waals surface area (Å²) >= 11 is 0. The molecule has 192 valence electrons. The van der Waals surface area contributed by atoms with Gasteiger partial charge in [-0.15, -0.1) is 0 Å². The Hall–Kier alpha value is -3.29. The Labute approximate surface area is 210 Å². The molecule has 0 atom stereocenters. The summed E-state index contributed by atoms with van der Waals surface area (Å²) in [5, 5.41) is 5.82. The first-order valence-electron chi connectivity index (χ1n) is 12.7. The van der Waals surface area contributed by atoms with Gasteiger partial charge in [0, 0.05) is 17.6 Å². The highest BCUT2D eigenvalue weighted by Gasteiger charge is 2.35. The van der Waals surface area contributed by atoms with Crippen molar-refractivity contribution in [3.63, 3.8) is 0 Å². The van der Waals surface area contributed by atoms with E-state index in [0.29, 0.717) is 17.1 Å². The smallest absolute Gasteiger partial charge is 0.421 e. The van der Waals surface area contributed by atoms with Gasteiger partial charge in [-0.25, -0.2) is 4.98 Å². The Morgan fingerprint density at radius 2 is 1.56 bits per heavy atom. The van der Waals surface area contributed by atoms with Gasteiger partial charge in [0.2, 0.25) is 5.95 Å². The summed E-state index contributed by atoms with van der Waals surface area (Å²) in [6.45, 7) is 2.17. The fourth-order valence-electron chi connectivity index (χ4n) is 4.34. The molecule has 5 nitrogen and oxygen atoms in total. The monoisotopic (exact) mass is 498 g/mol. The summed E-state index contributed by atoms with van der Waals surface area (Å²) in [5.74, 6) is 0.491. The van der Waals surface area contributed by atoms with Crippen LogP contribution in [0.2, 0.25) is 0 Å². The number of anilines is 4. The lowest BCUT2D eigenvalue weighted by Crippen LogP contribution is -2.19. The molecule has 0 radical (unpaired) electrons. The summed E-state index contributed by atoms with van der Waals surface area (Å²) in [5.41, 5.74) is 1.49. The summed E-state index contributed by atoms with van der Waals surface area (Å²) in [7, 11) is 0. The lowest BCUT2D eigenvalue weighted by molar-refractivity contribution is -0.137. The van der Waals surface area contributed by atoms with Crippen LogP contribution in [-0.2, 0) is 12.6 Å². The molecule has 3 aromatic rings. The third kappa shape index (κ3) is 7.35. The van der Waals surface area contributed by atoms with E-state index in [4.69, 9.17) is 4.74 Å². The molecule has 2 aromatic carbocycles. The van der Waals surface area contributed by atoms with Crippen LogP contribution in [0.1, 0.15) is 69.4 Å². The van der Waals surface area contributed by atoms with E-state index in [9.17, 15) is 13.2 Å². The average molecular weight is 499 g/mol. The van der Waals surface area contributed by atoms with Crippen LogP contribution in [0.15, 0.2) is 54.7 Å². The number of hydrogen-bond donors (Lipinski definition) is 2. The molecule has 36 heavy (non-hydrogen) atoms. The van der Waals surface area contributed by atoms with E-state index in [2.05, 4.69) is 27.5 Å². The van der Waals surface area contributed by atoms with Gasteiger partial charge < -0.3 is 15.4 Å². The number of halogens is 3. The number of alkyl halides is 3. The molecule has 0 bridgehead atoms. The van der Waals surface area contributed by atoms with Crippen molar-refractivity contribution in [2.24, 2.45) is 0 Å². The van der Waals surface area contributed by atoms with Crippen molar-refractivity contribution in [3.05, 3.63) is 65.9 Å².